The van der Waals surface area contributed by atoms with Gasteiger partial charge in [-0.15, -0.1) is 0 Å². The number of H-pyrrole nitrogens is 4. The molecular formula is C49H54N12O8. The molecule has 0 unspecified atom stereocenters. The first-order chi connectivity index (χ1) is 33.3. The molecule has 8 rings (SSSR count). The van der Waals surface area contributed by atoms with Crippen LogP contribution in [0.25, 0.3) is 32.7 Å². The Bertz CT molecular complexity index is 2990. The van der Waals surface area contributed by atoms with Crippen LogP contribution < -0.4 is 32.3 Å². The summed E-state index contributed by atoms with van der Waals surface area (Å²) < 4.78 is 0. The Morgan fingerprint density at radius 3 is 1.71 bits per heavy atom. The molecule has 7 aromatic rings. The van der Waals surface area contributed by atoms with E-state index in [2.05, 4.69) is 51.5 Å². The maximum atomic E-state index is 14.5. The number of nitrogens with one attached hydrogen (secondary N) is 9. The van der Waals surface area contributed by atoms with E-state index in [1.54, 1.807) is 18.6 Å². The molecule has 358 valence electrons. The minimum atomic E-state index is -1.35. The maximum absolute atomic E-state index is 14.5. The Hall–Kier alpha value is -8.26. The number of amides is 6. The van der Waals surface area contributed by atoms with Gasteiger partial charge in [-0.3, -0.25) is 28.8 Å². The largest absolute Gasteiger partial charge is 0.480 e. The summed E-state index contributed by atoms with van der Waals surface area (Å²) in [5.41, 5.74) is 10.9. The molecule has 6 atom stereocenters. The number of hydrogen-bond donors (Lipinski definition) is 11. The zero-order chi connectivity index (χ0) is 48.6. The molecule has 0 radical (unpaired) electrons. The molecule has 0 aliphatic carbocycles. The van der Waals surface area contributed by atoms with Crippen molar-refractivity contribution >= 4 is 74.1 Å². The van der Waals surface area contributed by atoms with Crippen LogP contribution >= 0.6 is 0 Å². The van der Waals surface area contributed by atoms with Gasteiger partial charge in [0.25, 0.3) is 0 Å². The predicted octanol–water partition coefficient (Wildman–Crippen LogP) is 1.60. The van der Waals surface area contributed by atoms with Crippen LogP contribution in [0.5, 0.6) is 0 Å². The summed E-state index contributed by atoms with van der Waals surface area (Å²) in [6, 6.07) is 15.4. The van der Waals surface area contributed by atoms with Gasteiger partial charge in [0.15, 0.2) is 0 Å². The molecule has 20 nitrogen and oxygen atoms in total. The summed E-state index contributed by atoms with van der Waals surface area (Å²) in [6.07, 6.45) is 8.76. The van der Waals surface area contributed by atoms with Crippen molar-refractivity contribution < 1.29 is 38.7 Å². The van der Waals surface area contributed by atoms with Crippen LogP contribution in [0, 0.1) is 0 Å². The number of likely N-dealkylation sites (tertiary alicyclic amines) is 1. The van der Waals surface area contributed by atoms with Crippen LogP contribution in [0.3, 0.4) is 0 Å². The number of imidazole rings is 1. The number of aromatic nitrogens is 5. The quantitative estimate of drug-likeness (QED) is 0.0525. The van der Waals surface area contributed by atoms with Gasteiger partial charge in [-0.1, -0.05) is 54.6 Å². The minimum Gasteiger partial charge on any atom is -0.480 e. The number of nitrogens with two attached hydrogens (primary N) is 1. The molecule has 69 heavy (non-hydrogen) atoms. The number of carboxylic acid groups (broad SMARTS) is 1. The number of para-hydroxylation sites is 3. The Labute approximate surface area is 395 Å². The SMILES string of the molecule is C[C@H](N)C(=O)N[C@@H](Cc1c[nH]c2ccccc12)C(=O)NCC(=O)N[C@@H](Cc1cnc[nH]1)C(=O)N1CCC[C@H]1C(=O)N[C@@H](Cc1c[nH]c2ccccc12)C(=O)N[C@@H](Cc1c[nH]c2ccccc12)C(=O)O. The number of aliphatic carboxylic acids is 1. The summed E-state index contributed by atoms with van der Waals surface area (Å²) in [5.74, 6) is -5.17. The predicted molar refractivity (Wildman–Crippen MR) is 255 cm³/mol. The topological polar surface area (TPSA) is 305 Å². The fraction of sp³-hybridized carbons (Fsp3) is 0.306. The van der Waals surface area contributed by atoms with Gasteiger partial charge in [0.2, 0.25) is 35.4 Å². The first kappa shape index (κ1) is 47.2. The van der Waals surface area contributed by atoms with Crippen LogP contribution in [0.4, 0.5) is 0 Å². The van der Waals surface area contributed by atoms with E-state index < -0.39 is 84.2 Å². The van der Waals surface area contributed by atoms with Crippen molar-refractivity contribution in [3.8, 4) is 0 Å². The summed E-state index contributed by atoms with van der Waals surface area (Å²) in [7, 11) is 0. The third-order valence-electron chi connectivity index (χ3n) is 12.5. The second kappa shape index (κ2) is 21.1. The number of rotatable bonds is 20. The van der Waals surface area contributed by atoms with Gasteiger partial charge in [-0.2, -0.15) is 0 Å². The van der Waals surface area contributed by atoms with Gasteiger partial charge in [-0.05, 0) is 54.7 Å². The number of carbonyl (C=O) groups excluding carboxylic acids is 6. The summed E-state index contributed by atoms with van der Waals surface area (Å²) >= 11 is 0. The third-order valence-corrected chi connectivity index (χ3v) is 12.5. The lowest BCUT2D eigenvalue weighted by Crippen LogP contribution is -2.58. The molecule has 5 heterocycles. The molecule has 4 aromatic heterocycles. The van der Waals surface area contributed by atoms with Crippen LogP contribution in [0.2, 0.25) is 0 Å². The highest BCUT2D eigenvalue weighted by molar-refractivity contribution is 5.97. The third kappa shape index (κ3) is 11.1. The van der Waals surface area contributed by atoms with Crippen molar-refractivity contribution in [2.45, 2.75) is 81.7 Å². The first-order valence-corrected chi connectivity index (χ1v) is 22.7. The van der Waals surface area contributed by atoms with E-state index in [1.165, 1.54) is 24.3 Å². The molecule has 0 bridgehead atoms. The zero-order valence-electron chi connectivity index (χ0n) is 37.7. The highest BCUT2D eigenvalue weighted by Crippen LogP contribution is 2.24. The van der Waals surface area contributed by atoms with Crippen LogP contribution in [0.15, 0.2) is 104 Å². The van der Waals surface area contributed by atoms with Crippen molar-refractivity contribution in [3.63, 3.8) is 0 Å². The number of nitrogens with zero attached hydrogens (tertiary/aromatic N) is 2. The first-order valence-electron chi connectivity index (χ1n) is 22.7. The molecule has 0 spiro atoms. The molecule has 12 N–H and O–H groups in total. The number of aromatic amines is 4. The number of fused-ring (bicyclic) bond motifs is 3. The van der Waals surface area contributed by atoms with Crippen LogP contribution in [0.1, 0.15) is 42.1 Å². The smallest absolute Gasteiger partial charge is 0.326 e. The molecule has 3 aromatic carbocycles. The summed E-state index contributed by atoms with van der Waals surface area (Å²) in [5, 5.41) is 26.3. The summed E-state index contributed by atoms with van der Waals surface area (Å²) in [4.78, 5) is 114. The lowest BCUT2D eigenvalue weighted by Gasteiger charge is -2.30. The van der Waals surface area contributed by atoms with Crippen LogP contribution in [-0.4, -0.2) is 126 Å². The van der Waals surface area contributed by atoms with Gasteiger partial charge < -0.3 is 62.3 Å². The average Bonchev–Trinajstić information content (AvgIpc) is 4.22. The Balaban J connectivity index is 0.968. The second-order valence-corrected chi connectivity index (χ2v) is 17.3. The molecule has 1 fully saturated rings. The van der Waals surface area contributed by atoms with Crippen molar-refractivity contribution in [2.75, 3.05) is 13.1 Å². The number of carbonyl (C=O) groups is 7. The van der Waals surface area contributed by atoms with Gasteiger partial charge in [-0.25, -0.2) is 9.78 Å². The number of benzene rings is 3. The summed E-state index contributed by atoms with van der Waals surface area (Å²) in [6.45, 7) is 1.08. The number of hydrogen-bond acceptors (Lipinski definition) is 9. The van der Waals surface area contributed by atoms with E-state index in [0.717, 1.165) is 38.3 Å². The van der Waals surface area contributed by atoms with Crippen molar-refractivity contribution in [2.24, 2.45) is 5.73 Å². The minimum absolute atomic E-state index is 0.0104. The fourth-order valence-corrected chi connectivity index (χ4v) is 8.88. The van der Waals surface area contributed by atoms with E-state index in [0.29, 0.717) is 23.2 Å². The maximum Gasteiger partial charge on any atom is 0.326 e. The highest BCUT2D eigenvalue weighted by atomic mass is 16.4. The Morgan fingerprint density at radius 2 is 1.19 bits per heavy atom. The molecule has 6 amide bonds. The molecule has 1 aliphatic heterocycles. The lowest BCUT2D eigenvalue weighted by atomic mass is 10.0. The van der Waals surface area contributed by atoms with E-state index >= 15 is 0 Å². The van der Waals surface area contributed by atoms with E-state index in [-0.39, 0.29) is 38.6 Å². The molecule has 1 saturated heterocycles. The van der Waals surface area contributed by atoms with Gasteiger partial charge in [0.05, 0.1) is 18.9 Å². The van der Waals surface area contributed by atoms with Crippen LogP contribution in [-0.2, 0) is 59.2 Å². The van der Waals surface area contributed by atoms with Crippen molar-refractivity contribution in [3.05, 3.63) is 126 Å². The van der Waals surface area contributed by atoms with Crippen molar-refractivity contribution in [1.82, 2.24) is 56.4 Å². The van der Waals surface area contributed by atoms with E-state index in [9.17, 15) is 38.7 Å². The van der Waals surface area contributed by atoms with E-state index in [4.69, 9.17) is 5.73 Å². The average molecular weight is 939 g/mol. The molecule has 20 heteroatoms. The lowest BCUT2D eigenvalue weighted by molar-refractivity contribution is -0.143. The standard InChI is InChI=1S/C49H54N12O8/c1-27(50)44(63)58-38(17-28-21-52-35-12-5-2-9-32(28)35)45(64)55-25-43(62)57-40(20-31-24-51-26-56-31)48(67)61-16-8-15-42(61)47(66)59-39(18-29-22-53-36-13-6-3-10-33(29)36)46(65)60-41(49(68)69)19-30-23-54-37-14-7-4-11-34(30)37/h2-7,9-14,21-24,26-27,38-42,52-54H,8,15-20,25,50H2,1H3,(H,51,56)(H,55,64)(H,57,62)(H,58,63)(H,59,66)(H,60,65)(H,68,69)/t27-,38-,39-,40-,41-,42-/m0/s1. The molecule has 0 saturated carbocycles. The normalized spacial score (nSPS) is 15.8. The van der Waals surface area contributed by atoms with Gasteiger partial charge >= 0.3 is 5.97 Å². The van der Waals surface area contributed by atoms with Gasteiger partial charge in [0, 0.05) is 95.4 Å². The van der Waals surface area contributed by atoms with Gasteiger partial charge in [0.1, 0.15) is 30.2 Å². The fourth-order valence-electron chi connectivity index (χ4n) is 8.88. The zero-order valence-corrected chi connectivity index (χ0v) is 37.7. The Morgan fingerprint density at radius 1 is 0.667 bits per heavy atom. The highest BCUT2D eigenvalue weighted by Gasteiger charge is 2.40. The Kier molecular flexibility index (Phi) is 14.5. The molecular weight excluding hydrogens is 885 g/mol. The monoisotopic (exact) mass is 938 g/mol. The number of carboxylic acids is 1. The second-order valence-electron chi connectivity index (χ2n) is 17.3. The molecule has 1 aliphatic rings. The van der Waals surface area contributed by atoms with E-state index in [1.807, 2.05) is 72.8 Å². The van der Waals surface area contributed by atoms with Crippen molar-refractivity contribution in [1.29, 1.82) is 0 Å².